The summed E-state index contributed by atoms with van der Waals surface area (Å²) < 4.78 is 0. The van der Waals surface area contributed by atoms with Crippen LogP contribution in [0.3, 0.4) is 0 Å². The molecule has 0 aromatic carbocycles. The molecule has 0 atom stereocenters. The number of thiophene rings is 1. The predicted octanol–water partition coefficient (Wildman–Crippen LogP) is 6.41. The summed E-state index contributed by atoms with van der Waals surface area (Å²) in [7, 11) is 0. The van der Waals surface area contributed by atoms with Gasteiger partial charge in [0.25, 0.3) is 0 Å². The maximum absolute atomic E-state index is 11.2. The van der Waals surface area contributed by atoms with Crippen LogP contribution in [0.2, 0.25) is 0 Å². The van der Waals surface area contributed by atoms with E-state index in [2.05, 4.69) is 13.0 Å². The van der Waals surface area contributed by atoms with Crippen LogP contribution in [0.25, 0.3) is 0 Å². The minimum absolute atomic E-state index is 0.198. The highest BCUT2D eigenvalue weighted by atomic mass is 32.1. The van der Waals surface area contributed by atoms with Crippen molar-refractivity contribution in [3.8, 4) is 0 Å². The molecule has 0 aliphatic rings. The zero-order chi connectivity index (χ0) is 14.6. The molecule has 0 aliphatic carbocycles. The lowest BCUT2D eigenvalue weighted by molar-refractivity contribution is 0.102. The van der Waals surface area contributed by atoms with Crippen molar-refractivity contribution in [1.82, 2.24) is 0 Å². The van der Waals surface area contributed by atoms with Crippen molar-refractivity contribution in [3.05, 3.63) is 21.9 Å². The summed E-state index contributed by atoms with van der Waals surface area (Å²) in [5.41, 5.74) is 0. The van der Waals surface area contributed by atoms with Gasteiger partial charge in [-0.25, -0.2) is 0 Å². The van der Waals surface area contributed by atoms with E-state index in [4.69, 9.17) is 0 Å². The first kappa shape index (κ1) is 17.4. The summed E-state index contributed by atoms with van der Waals surface area (Å²) in [5.74, 6) is 0.198. The van der Waals surface area contributed by atoms with Crippen molar-refractivity contribution in [2.75, 3.05) is 0 Å². The average molecular weight is 295 g/mol. The van der Waals surface area contributed by atoms with Crippen LogP contribution in [0, 0.1) is 0 Å². The first-order chi connectivity index (χ1) is 9.74. The first-order valence-electron chi connectivity index (χ1n) is 8.33. The third-order valence-electron chi connectivity index (χ3n) is 3.79. The highest BCUT2D eigenvalue weighted by Crippen LogP contribution is 2.20. The lowest BCUT2D eigenvalue weighted by Gasteiger charge is -2.01. The second kappa shape index (κ2) is 11.1. The van der Waals surface area contributed by atoms with Crippen LogP contribution in [0.15, 0.2) is 12.1 Å². The van der Waals surface area contributed by atoms with Crippen LogP contribution in [0.5, 0.6) is 0 Å². The van der Waals surface area contributed by atoms with Gasteiger partial charge in [-0.05, 0) is 31.9 Å². The number of aryl methyl sites for hydroxylation is 1. The third kappa shape index (κ3) is 7.84. The Balaban J connectivity index is 1.93. The molecule has 0 bridgehead atoms. The molecule has 0 N–H and O–H groups in total. The Labute approximate surface area is 128 Å². The van der Waals surface area contributed by atoms with Crippen LogP contribution in [-0.4, -0.2) is 5.78 Å². The molecular formula is C18H30OS. The minimum Gasteiger partial charge on any atom is -0.294 e. The van der Waals surface area contributed by atoms with E-state index in [0.717, 1.165) is 11.3 Å². The second-order valence-corrected chi connectivity index (χ2v) is 6.92. The molecule has 1 rings (SSSR count). The van der Waals surface area contributed by atoms with Gasteiger partial charge in [0.2, 0.25) is 0 Å². The van der Waals surface area contributed by atoms with E-state index in [0.29, 0.717) is 0 Å². The average Bonchev–Trinajstić information content (AvgIpc) is 2.90. The monoisotopic (exact) mass is 294 g/mol. The molecule has 2 heteroatoms. The molecule has 0 amide bonds. The fourth-order valence-corrected chi connectivity index (χ4v) is 3.43. The van der Waals surface area contributed by atoms with Crippen LogP contribution in [0.1, 0.15) is 92.6 Å². The van der Waals surface area contributed by atoms with Gasteiger partial charge in [-0.2, -0.15) is 0 Å². The number of hydrogen-bond donors (Lipinski definition) is 0. The van der Waals surface area contributed by atoms with E-state index in [9.17, 15) is 4.79 Å². The molecule has 1 heterocycles. The van der Waals surface area contributed by atoms with Crippen LogP contribution >= 0.6 is 11.3 Å². The smallest absolute Gasteiger partial charge is 0.169 e. The zero-order valence-electron chi connectivity index (χ0n) is 13.2. The summed E-state index contributed by atoms with van der Waals surface area (Å²) in [6, 6.07) is 4.09. The number of Topliss-reactive ketones (excluding diaryl/α,β-unsaturated/α-hetero) is 1. The van der Waals surface area contributed by atoms with E-state index in [1.165, 1.54) is 69.1 Å². The van der Waals surface area contributed by atoms with Crippen LogP contribution < -0.4 is 0 Å². The molecule has 1 aromatic heterocycles. The van der Waals surface area contributed by atoms with E-state index in [-0.39, 0.29) is 5.78 Å². The first-order valence-corrected chi connectivity index (χ1v) is 9.15. The van der Waals surface area contributed by atoms with Crippen LogP contribution in [-0.2, 0) is 6.42 Å². The molecule has 0 unspecified atom stereocenters. The molecule has 114 valence electrons. The summed E-state index contributed by atoms with van der Waals surface area (Å²) >= 11 is 1.67. The fourth-order valence-electron chi connectivity index (χ4n) is 2.49. The zero-order valence-corrected chi connectivity index (χ0v) is 14.1. The summed E-state index contributed by atoms with van der Waals surface area (Å²) in [5, 5.41) is 0. The molecule has 20 heavy (non-hydrogen) atoms. The SMILES string of the molecule is CCCCCCCCCCCCc1ccc(C(C)=O)s1. The van der Waals surface area contributed by atoms with E-state index < -0.39 is 0 Å². The van der Waals surface area contributed by atoms with Gasteiger partial charge in [0.05, 0.1) is 4.88 Å². The Morgan fingerprint density at radius 2 is 1.45 bits per heavy atom. The maximum Gasteiger partial charge on any atom is 0.169 e. The molecular weight excluding hydrogens is 264 g/mol. The Morgan fingerprint density at radius 3 is 1.95 bits per heavy atom. The number of carbonyl (C=O) groups excluding carboxylic acids is 1. The topological polar surface area (TPSA) is 17.1 Å². The molecule has 0 saturated carbocycles. The van der Waals surface area contributed by atoms with Crippen molar-refractivity contribution < 1.29 is 4.79 Å². The minimum atomic E-state index is 0.198. The predicted molar refractivity (Wildman–Crippen MR) is 89.9 cm³/mol. The van der Waals surface area contributed by atoms with Crippen molar-refractivity contribution in [2.24, 2.45) is 0 Å². The number of ketones is 1. The normalized spacial score (nSPS) is 10.9. The molecule has 0 fully saturated rings. The second-order valence-electron chi connectivity index (χ2n) is 5.75. The number of unbranched alkanes of at least 4 members (excludes halogenated alkanes) is 9. The van der Waals surface area contributed by atoms with Gasteiger partial charge in [-0.1, -0.05) is 64.7 Å². The largest absolute Gasteiger partial charge is 0.294 e. The molecule has 0 radical (unpaired) electrons. The standard InChI is InChI=1S/C18H30OS/c1-3-4-5-6-7-8-9-10-11-12-13-17-14-15-18(20-17)16(2)19/h14-15H,3-13H2,1-2H3. The molecule has 1 nitrogen and oxygen atoms in total. The van der Waals surface area contributed by atoms with E-state index >= 15 is 0 Å². The molecule has 0 spiro atoms. The van der Waals surface area contributed by atoms with Gasteiger partial charge in [0.1, 0.15) is 0 Å². The van der Waals surface area contributed by atoms with Gasteiger partial charge in [0, 0.05) is 4.88 Å². The lowest BCUT2D eigenvalue weighted by Crippen LogP contribution is -1.85. The molecule has 1 aromatic rings. The van der Waals surface area contributed by atoms with Crippen molar-refractivity contribution >= 4 is 17.1 Å². The fraction of sp³-hybridized carbons (Fsp3) is 0.722. The van der Waals surface area contributed by atoms with E-state index in [1.54, 1.807) is 18.3 Å². The lowest BCUT2D eigenvalue weighted by atomic mass is 10.1. The highest BCUT2D eigenvalue weighted by molar-refractivity contribution is 7.14. The maximum atomic E-state index is 11.2. The third-order valence-corrected chi connectivity index (χ3v) is 5.03. The Morgan fingerprint density at radius 1 is 0.900 bits per heavy atom. The summed E-state index contributed by atoms with van der Waals surface area (Å²) in [6.07, 6.45) is 15.0. The van der Waals surface area contributed by atoms with Gasteiger partial charge in [-0.3, -0.25) is 4.79 Å². The van der Waals surface area contributed by atoms with Gasteiger partial charge in [-0.15, -0.1) is 11.3 Å². The Bertz CT molecular complexity index is 367. The van der Waals surface area contributed by atoms with Gasteiger partial charge >= 0.3 is 0 Å². The number of rotatable bonds is 12. The van der Waals surface area contributed by atoms with E-state index in [1.807, 2.05) is 6.07 Å². The Kier molecular flexibility index (Phi) is 9.65. The molecule has 0 saturated heterocycles. The van der Waals surface area contributed by atoms with Crippen molar-refractivity contribution in [1.29, 1.82) is 0 Å². The quantitative estimate of drug-likeness (QED) is 0.321. The highest BCUT2D eigenvalue weighted by Gasteiger charge is 2.03. The van der Waals surface area contributed by atoms with Crippen LogP contribution in [0.4, 0.5) is 0 Å². The van der Waals surface area contributed by atoms with Gasteiger partial charge < -0.3 is 0 Å². The van der Waals surface area contributed by atoms with Gasteiger partial charge in [0.15, 0.2) is 5.78 Å². The summed E-state index contributed by atoms with van der Waals surface area (Å²) in [4.78, 5) is 13.5. The van der Waals surface area contributed by atoms with Crippen molar-refractivity contribution in [3.63, 3.8) is 0 Å². The number of carbonyl (C=O) groups is 1. The Hall–Kier alpha value is -0.630. The number of hydrogen-bond acceptors (Lipinski definition) is 2. The molecule has 0 aliphatic heterocycles. The summed E-state index contributed by atoms with van der Waals surface area (Å²) in [6.45, 7) is 3.92. The van der Waals surface area contributed by atoms with Crippen molar-refractivity contribution in [2.45, 2.75) is 84.5 Å².